The van der Waals surface area contributed by atoms with Crippen molar-refractivity contribution >= 4 is 11.9 Å². The van der Waals surface area contributed by atoms with Crippen molar-refractivity contribution in [2.24, 2.45) is 0 Å². The van der Waals surface area contributed by atoms with Gasteiger partial charge < -0.3 is 45.1 Å². The van der Waals surface area contributed by atoms with Gasteiger partial charge in [0.15, 0.2) is 0 Å². The Balaban J connectivity index is 0.00000432. The number of aliphatic carboxylic acids is 1. The Kier molecular flexibility index (Phi) is 10.8. The molecule has 0 saturated carbocycles. The molecule has 1 aliphatic heterocycles. The van der Waals surface area contributed by atoms with Gasteiger partial charge in [-0.1, -0.05) is 48.5 Å². The van der Waals surface area contributed by atoms with Crippen molar-refractivity contribution in [3.63, 3.8) is 0 Å². The van der Waals surface area contributed by atoms with Crippen LogP contribution in [0, 0.1) is 0 Å². The molecule has 3 rings (SSSR count). The molecule has 0 bridgehead atoms. The maximum Gasteiger partial charge on any atom is 1.00 e. The van der Waals surface area contributed by atoms with Crippen molar-refractivity contribution in [1.29, 1.82) is 0 Å². The van der Waals surface area contributed by atoms with E-state index in [0.29, 0.717) is 5.56 Å². The zero-order valence-electron chi connectivity index (χ0n) is 19.5. The van der Waals surface area contributed by atoms with E-state index in [4.69, 9.17) is 9.47 Å². The zero-order chi connectivity index (χ0) is 24.9. The molecule has 35 heavy (non-hydrogen) atoms. The van der Waals surface area contributed by atoms with Crippen LogP contribution in [0.1, 0.15) is 18.9 Å². The number of benzene rings is 2. The first kappa shape index (κ1) is 29.4. The Bertz CT molecular complexity index is 992. The minimum atomic E-state index is -2.49. The Morgan fingerprint density at radius 3 is 2.43 bits per heavy atom. The number of nitrogens with one attached hydrogen (secondary N) is 1. The Morgan fingerprint density at radius 1 is 1.17 bits per heavy atom. The van der Waals surface area contributed by atoms with E-state index in [0.717, 1.165) is 18.1 Å². The summed E-state index contributed by atoms with van der Waals surface area (Å²) in [5, 5.41) is 54.7. The van der Waals surface area contributed by atoms with Crippen LogP contribution in [0.3, 0.4) is 0 Å². The monoisotopic (exact) mass is 497 g/mol. The molecule has 0 aromatic heterocycles. The van der Waals surface area contributed by atoms with Crippen LogP contribution in [-0.2, 0) is 25.7 Å². The molecule has 11 heteroatoms. The Labute approximate surface area is 224 Å². The average Bonchev–Trinajstić information content (AvgIpc) is 2.83. The van der Waals surface area contributed by atoms with E-state index in [9.17, 15) is 35.1 Å². The number of carbonyl (C=O) groups is 2. The number of carboxylic acid groups (broad SMARTS) is 1. The van der Waals surface area contributed by atoms with Crippen molar-refractivity contribution in [3.8, 4) is 11.1 Å². The fourth-order valence-electron chi connectivity index (χ4n) is 3.94. The fourth-order valence-corrected chi connectivity index (χ4v) is 3.94. The molecule has 1 fully saturated rings. The van der Waals surface area contributed by atoms with Gasteiger partial charge in [0.25, 0.3) is 0 Å². The number of hydrogen-bond acceptors (Lipinski definition) is 9. The second kappa shape index (κ2) is 12.9. The van der Waals surface area contributed by atoms with Gasteiger partial charge in [0, 0.05) is 13.3 Å². The summed E-state index contributed by atoms with van der Waals surface area (Å²) in [7, 11) is 0. The topological polar surface area (TPSA) is 169 Å². The van der Waals surface area contributed by atoms with Gasteiger partial charge in [-0.05, 0) is 22.8 Å². The first-order valence-electron chi connectivity index (χ1n) is 10.8. The number of carbonyl (C=O) groups excluding carboxylic acids is 2. The van der Waals surface area contributed by atoms with Gasteiger partial charge in [0.1, 0.15) is 24.3 Å². The molecule has 2 aromatic carbocycles. The summed E-state index contributed by atoms with van der Waals surface area (Å²) >= 11 is 0. The molecule has 6 atom stereocenters. The van der Waals surface area contributed by atoms with E-state index >= 15 is 0 Å². The van der Waals surface area contributed by atoms with Gasteiger partial charge in [0.05, 0.1) is 25.4 Å². The number of ether oxygens (including phenoxy) is 2. The van der Waals surface area contributed by atoms with E-state index in [2.05, 4.69) is 5.32 Å². The number of rotatable bonds is 9. The summed E-state index contributed by atoms with van der Waals surface area (Å²) in [5.41, 5.74) is 2.43. The molecule has 184 valence electrons. The van der Waals surface area contributed by atoms with E-state index in [1.807, 2.05) is 36.4 Å². The van der Waals surface area contributed by atoms with Crippen molar-refractivity contribution in [2.45, 2.75) is 56.2 Å². The van der Waals surface area contributed by atoms with Crippen molar-refractivity contribution in [2.75, 3.05) is 6.61 Å². The minimum Gasteiger partial charge on any atom is -0.544 e. The van der Waals surface area contributed by atoms with E-state index in [-0.39, 0.29) is 36.2 Å². The van der Waals surface area contributed by atoms with Gasteiger partial charge in [-0.25, -0.2) is 0 Å². The van der Waals surface area contributed by atoms with Crippen molar-refractivity contribution < 1.29 is 74.2 Å². The molecule has 1 saturated heterocycles. The molecule has 1 heterocycles. The molecule has 5 N–H and O–H groups in total. The van der Waals surface area contributed by atoms with E-state index < -0.39 is 61.1 Å². The third-order valence-corrected chi connectivity index (χ3v) is 5.68. The molecule has 10 nitrogen and oxygen atoms in total. The molecule has 1 amide bonds. The van der Waals surface area contributed by atoms with Crippen LogP contribution in [-0.4, -0.2) is 75.2 Å². The minimum absolute atomic E-state index is 0. The third-order valence-electron chi connectivity index (χ3n) is 5.68. The Morgan fingerprint density at radius 2 is 1.83 bits per heavy atom. The zero-order valence-corrected chi connectivity index (χ0v) is 21.5. The molecule has 0 radical (unpaired) electrons. The predicted octanol–water partition coefficient (Wildman–Crippen LogP) is -4.31. The summed E-state index contributed by atoms with van der Waals surface area (Å²) in [6.07, 6.45) is -7.34. The van der Waals surface area contributed by atoms with E-state index in [1.165, 1.54) is 0 Å². The largest absolute Gasteiger partial charge is 1.00 e. The summed E-state index contributed by atoms with van der Waals surface area (Å²) in [4.78, 5) is 23.7. The summed E-state index contributed by atoms with van der Waals surface area (Å²) < 4.78 is 11.2. The molecule has 0 unspecified atom stereocenters. The van der Waals surface area contributed by atoms with Crippen LogP contribution in [0.5, 0.6) is 0 Å². The van der Waals surface area contributed by atoms with Crippen LogP contribution in [0.2, 0.25) is 0 Å². The molecule has 1 aliphatic rings. The van der Waals surface area contributed by atoms with Gasteiger partial charge in [-0.15, -0.1) is 0 Å². The number of carboxylic acids is 1. The van der Waals surface area contributed by atoms with Crippen molar-refractivity contribution in [3.05, 3.63) is 60.2 Å². The summed E-state index contributed by atoms with van der Waals surface area (Å²) in [6, 6.07) is 15.4. The number of aliphatic hydroxyl groups excluding tert-OH is 4. The van der Waals surface area contributed by atoms with Gasteiger partial charge in [-0.3, -0.25) is 4.79 Å². The number of aliphatic hydroxyl groups is 4. The quantitative estimate of drug-likeness (QED) is 0.215. The smallest absolute Gasteiger partial charge is 0.544 e. The molecule has 2 aromatic rings. The van der Waals surface area contributed by atoms with Gasteiger partial charge >= 0.3 is 29.6 Å². The standard InChI is InChI=1S/C24H29NO9.Na/c1-14(27)25-20-18(28)11-24(23(31)32,34-22(20)21(30)19(29)12-26)33-13-15-6-5-9-17(10-15)16-7-3-2-4-8-16;/h2-10,18-22,26,28-30H,11-13H2,1H3,(H,25,27)(H,31,32);/q;+1/p-1/t18-,19+,20+,21-,22+,24-;/m0./s1. The van der Waals surface area contributed by atoms with Gasteiger partial charge in [-0.2, -0.15) is 0 Å². The van der Waals surface area contributed by atoms with Crippen LogP contribution < -0.4 is 40.0 Å². The second-order valence-electron chi connectivity index (χ2n) is 8.22. The molecule has 0 spiro atoms. The van der Waals surface area contributed by atoms with Crippen LogP contribution in [0.25, 0.3) is 11.1 Å². The summed E-state index contributed by atoms with van der Waals surface area (Å²) in [5.74, 6) is -4.87. The summed E-state index contributed by atoms with van der Waals surface area (Å²) in [6.45, 7) is 0.0579. The van der Waals surface area contributed by atoms with Crippen LogP contribution in [0.15, 0.2) is 54.6 Å². The number of hydrogen-bond donors (Lipinski definition) is 5. The fraction of sp³-hybridized carbons (Fsp3) is 0.417. The van der Waals surface area contributed by atoms with E-state index in [1.54, 1.807) is 18.2 Å². The second-order valence-corrected chi connectivity index (χ2v) is 8.22. The maximum absolute atomic E-state index is 12.1. The first-order chi connectivity index (χ1) is 16.2. The average molecular weight is 497 g/mol. The SMILES string of the molecule is CC(=O)N[C@H]1[C@H]([C@@H](O)[C@H](O)CO)O[C@](OCc2cccc(-c3ccccc3)c2)(C(=O)[O-])C[C@@H]1O.[Na+]. The third kappa shape index (κ3) is 7.10. The normalized spacial score (nSPS) is 25.7. The number of amides is 1. The molecular formula is C24H28NNaO9. The van der Waals surface area contributed by atoms with Crippen molar-refractivity contribution in [1.82, 2.24) is 5.32 Å². The molecule has 0 aliphatic carbocycles. The van der Waals surface area contributed by atoms with Gasteiger partial charge in [0.2, 0.25) is 11.7 Å². The first-order valence-corrected chi connectivity index (χ1v) is 10.8. The van der Waals surface area contributed by atoms with Crippen LogP contribution in [0.4, 0.5) is 0 Å². The maximum atomic E-state index is 12.1. The predicted molar refractivity (Wildman–Crippen MR) is 117 cm³/mol. The Hall–Kier alpha value is -1.86. The van der Waals surface area contributed by atoms with Crippen LogP contribution >= 0.6 is 0 Å². The molecular weight excluding hydrogens is 469 g/mol.